The lowest BCUT2D eigenvalue weighted by molar-refractivity contribution is -0.129. The van der Waals surface area contributed by atoms with Gasteiger partial charge in [0, 0.05) is 99.2 Å². The molecule has 3 aliphatic carbocycles. The van der Waals surface area contributed by atoms with Crippen LogP contribution in [-0.2, 0) is 25.7 Å². The summed E-state index contributed by atoms with van der Waals surface area (Å²) in [5.41, 5.74) is 7.62. The van der Waals surface area contributed by atoms with Gasteiger partial charge in [0.15, 0.2) is 0 Å². The lowest BCUT2D eigenvalue weighted by atomic mass is 9.77. The first kappa shape index (κ1) is 53.4. The fourth-order valence-electron chi connectivity index (χ4n) is 10.2. The number of rotatable bonds is 23. The summed E-state index contributed by atoms with van der Waals surface area (Å²) in [6, 6.07) is 1.03. The molecule has 5 N–H and O–H groups in total. The van der Waals surface area contributed by atoms with E-state index < -0.39 is 11.5 Å². The van der Waals surface area contributed by atoms with Gasteiger partial charge in [0.05, 0.1) is 17.6 Å². The molecule has 0 bridgehead atoms. The highest BCUT2D eigenvalue weighted by atomic mass is 16.2. The Morgan fingerprint density at radius 2 is 1.71 bits per heavy atom. The Morgan fingerprint density at radius 1 is 0.971 bits per heavy atom. The van der Waals surface area contributed by atoms with Crippen LogP contribution in [0.5, 0.6) is 0 Å². The zero-order chi connectivity index (χ0) is 50.2. The second-order valence-corrected chi connectivity index (χ2v) is 20.4. The van der Waals surface area contributed by atoms with Gasteiger partial charge in [0.1, 0.15) is 11.9 Å². The minimum Gasteiger partial charge on any atom is -0.376 e. The molecule has 0 aromatic carbocycles. The number of amides is 4. The Hall–Kier alpha value is -5.98. The van der Waals surface area contributed by atoms with Crippen LogP contribution < -0.4 is 26.6 Å². The van der Waals surface area contributed by atoms with Gasteiger partial charge in [-0.25, -0.2) is 4.99 Å². The van der Waals surface area contributed by atoms with E-state index in [4.69, 9.17) is 4.99 Å². The number of likely N-dealkylation sites (tertiary alicyclic amines) is 1. The van der Waals surface area contributed by atoms with Crippen molar-refractivity contribution < 1.29 is 19.2 Å². The van der Waals surface area contributed by atoms with Crippen LogP contribution in [0.25, 0.3) is 0 Å². The molecule has 3 heterocycles. The molecule has 13 nitrogen and oxygen atoms in total. The van der Waals surface area contributed by atoms with Crippen molar-refractivity contribution in [3.63, 3.8) is 0 Å². The van der Waals surface area contributed by atoms with Crippen LogP contribution in [-0.4, -0.2) is 83.5 Å². The number of fused-ring (bicyclic) bond motifs is 1. The summed E-state index contributed by atoms with van der Waals surface area (Å²) < 4.78 is 0. The number of carbonyl (C=O) groups is 4. The Balaban J connectivity index is 0.968. The van der Waals surface area contributed by atoms with Crippen LogP contribution in [0, 0.1) is 23.2 Å². The maximum Gasteiger partial charge on any atom is 0.255 e. The van der Waals surface area contributed by atoms with Crippen molar-refractivity contribution in [1.82, 2.24) is 36.1 Å². The predicted molar refractivity (Wildman–Crippen MR) is 283 cm³/mol. The highest BCUT2D eigenvalue weighted by Gasteiger charge is 2.35. The fourth-order valence-corrected chi connectivity index (χ4v) is 10.2. The summed E-state index contributed by atoms with van der Waals surface area (Å²) in [7, 11) is 1.88. The number of aromatic nitrogens is 1. The van der Waals surface area contributed by atoms with Gasteiger partial charge >= 0.3 is 0 Å². The first-order chi connectivity index (χ1) is 33.7. The number of unbranched alkanes of at least 4 members (excludes halogenated alkanes) is 2. The minimum absolute atomic E-state index is 0.0598. The first-order valence-corrected chi connectivity index (χ1v) is 26.1. The topological polar surface area (TPSA) is 160 Å². The van der Waals surface area contributed by atoms with Gasteiger partial charge in [-0.15, -0.1) is 0 Å². The predicted octanol–water partition coefficient (Wildman–Crippen LogP) is 9.44. The third-order valence-electron chi connectivity index (χ3n) is 14.5. The normalized spacial score (nSPS) is 22.5. The molecule has 2 fully saturated rings. The molecule has 1 saturated carbocycles. The molecule has 5 aliphatic rings. The second kappa shape index (κ2) is 25.8. The molecule has 70 heavy (non-hydrogen) atoms. The van der Waals surface area contributed by atoms with Crippen LogP contribution in [0.15, 0.2) is 119 Å². The molecular formula is C57H81N9O4. The number of allylic oxidation sites excluding steroid dienone is 8. The van der Waals surface area contributed by atoms with Crippen LogP contribution in [0.2, 0.25) is 0 Å². The molecule has 3 unspecified atom stereocenters. The summed E-state index contributed by atoms with van der Waals surface area (Å²) in [4.78, 5) is 67.8. The first-order valence-electron chi connectivity index (χ1n) is 26.1. The molecule has 1 saturated heterocycles. The number of anilines is 1. The number of nitrogens with zero attached hydrogens (tertiary/aromatic N) is 4. The van der Waals surface area contributed by atoms with Crippen molar-refractivity contribution in [2.45, 2.75) is 143 Å². The van der Waals surface area contributed by atoms with Crippen molar-refractivity contribution in [3.8, 4) is 0 Å². The van der Waals surface area contributed by atoms with E-state index in [1.165, 1.54) is 11.4 Å². The van der Waals surface area contributed by atoms with E-state index in [0.29, 0.717) is 60.9 Å². The molecule has 2 aliphatic heterocycles. The maximum atomic E-state index is 13.8. The molecule has 0 spiro atoms. The van der Waals surface area contributed by atoms with E-state index in [2.05, 4.69) is 107 Å². The number of hydrogen-bond donors (Lipinski definition) is 5. The third-order valence-corrected chi connectivity index (χ3v) is 14.5. The average Bonchev–Trinajstić information content (AvgIpc) is 3.57. The molecule has 13 heteroatoms. The molecule has 4 amide bonds. The molecule has 1 aromatic heterocycles. The van der Waals surface area contributed by atoms with Crippen LogP contribution in [0.4, 0.5) is 5.69 Å². The van der Waals surface area contributed by atoms with Gasteiger partial charge < -0.3 is 36.4 Å². The Bertz CT molecular complexity index is 2270. The van der Waals surface area contributed by atoms with E-state index >= 15 is 0 Å². The van der Waals surface area contributed by atoms with Gasteiger partial charge in [-0.3, -0.25) is 24.2 Å². The highest BCUT2D eigenvalue weighted by Crippen LogP contribution is 2.43. The van der Waals surface area contributed by atoms with E-state index in [1.54, 1.807) is 18.5 Å². The molecule has 3 atom stereocenters. The minimum atomic E-state index is -0.766. The van der Waals surface area contributed by atoms with Gasteiger partial charge in [-0.2, -0.15) is 0 Å². The number of carbonyl (C=O) groups excluding carboxylic acids is 4. The number of amidine groups is 1. The SMILES string of the molecule is C=C(C1=CC2(C)CC=C(C(=O)Nc3cncc(CNC(=O)C(CC4=CCC(C)C=C4)NC(=O)CCCCCNC(=O)C4CCC(CN5C(=C)CCC5=C)CC4)c3)C=C2N=C(NC)C1)N(CCC)CCC. The van der Waals surface area contributed by atoms with Crippen LogP contribution >= 0.6 is 0 Å². The lowest BCUT2D eigenvalue weighted by Crippen LogP contribution is -2.46. The average molecular weight is 956 g/mol. The van der Waals surface area contributed by atoms with Crippen molar-refractivity contribution in [2.24, 2.45) is 28.2 Å². The summed E-state index contributed by atoms with van der Waals surface area (Å²) in [5, 5.41) is 15.4. The van der Waals surface area contributed by atoms with E-state index in [1.807, 2.05) is 25.3 Å². The van der Waals surface area contributed by atoms with E-state index in [0.717, 1.165) is 119 Å². The molecular weight excluding hydrogens is 875 g/mol. The number of pyridine rings is 1. The summed E-state index contributed by atoms with van der Waals surface area (Å²) in [5.74, 6) is 1.26. The molecule has 378 valence electrons. The summed E-state index contributed by atoms with van der Waals surface area (Å²) in [6.07, 6.45) is 28.6. The molecule has 1 aromatic rings. The maximum absolute atomic E-state index is 13.8. The van der Waals surface area contributed by atoms with Crippen molar-refractivity contribution >= 4 is 35.2 Å². The quantitative estimate of drug-likeness (QED) is 0.0679. The zero-order valence-electron chi connectivity index (χ0n) is 42.9. The summed E-state index contributed by atoms with van der Waals surface area (Å²) >= 11 is 0. The third kappa shape index (κ3) is 15.0. The Labute approximate surface area is 418 Å². The molecule has 0 radical (unpaired) electrons. The van der Waals surface area contributed by atoms with Crippen LogP contribution in [0.1, 0.15) is 136 Å². The van der Waals surface area contributed by atoms with Gasteiger partial charge in [0.25, 0.3) is 5.91 Å². The Morgan fingerprint density at radius 3 is 2.40 bits per heavy atom. The number of nitrogens with one attached hydrogen (secondary N) is 5. The smallest absolute Gasteiger partial charge is 0.255 e. The van der Waals surface area contributed by atoms with Gasteiger partial charge in [-0.1, -0.05) is 84.2 Å². The number of hydrogen-bond acceptors (Lipinski definition) is 9. The van der Waals surface area contributed by atoms with E-state index in [-0.39, 0.29) is 42.5 Å². The van der Waals surface area contributed by atoms with E-state index in [9.17, 15) is 19.2 Å². The second-order valence-electron chi connectivity index (χ2n) is 20.4. The van der Waals surface area contributed by atoms with Gasteiger partial charge in [0.2, 0.25) is 17.7 Å². The van der Waals surface area contributed by atoms with Crippen molar-refractivity contribution in [3.05, 3.63) is 120 Å². The van der Waals surface area contributed by atoms with Gasteiger partial charge in [-0.05, 0) is 118 Å². The van der Waals surface area contributed by atoms with Crippen molar-refractivity contribution in [2.75, 3.05) is 38.5 Å². The van der Waals surface area contributed by atoms with Crippen molar-refractivity contribution in [1.29, 1.82) is 0 Å². The zero-order valence-corrected chi connectivity index (χ0v) is 42.9. The molecule has 6 rings (SSSR count). The highest BCUT2D eigenvalue weighted by molar-refractivity contribution is 6.06. The monoisotopic (exact) mass is 956 g/mol. The standard InChI is InChI=1S/C57H81N9O4/c1-9-28-65(29-10-2)42(6)48-33-52(58-8)64-51-32-47(25-26-57(51,7)34-48)55(69)62-49-30-45(35-59-37-49)36-61-56(70)50(31-43-19-15-39(3)16-20-43)63-53(67)14-12-11-13-27-60-54(68)46-23-21-44(22-24-46)38-66-40(4)17-18-41(66)5/h15,19-20,25,30,32,34-35,37,39,44,46,50H,4-6,9-14,16-18,21-24,26-29,31,33,36,38H2,1-3,7-8H3,(H,58,64)(H,60,68)(H,61,70)(H,62,69)(H,63,67). The Kier molecular flexibility index (Phi) is 19.6. The van der Waals surface area contributed by atoms with Crippen LogP contribution in [0.3, 0.4) is 0 Å². The number of aliphatic imine (C=N–C) groups is 1. The summed E-state index contributed by atoms with van der Waals surface area (Å²) in [6.45, 7) is 25.2. The fraction of sp³-hybridized carbons (Fsp3) is 0.544. The largest absolute Gasteiger partial charge is 0.376 e. The lowest BCUT2D eigenvalue weighted by Gasteiger charge is -2.32.